The van der Waals surface area contributed by atoms with Crippen molar-refractivity contribution < 1.29 is 14.5 Å². The molecule has 3 aromatic carbocycles. The van der Waals surface area contributed by atoms with E-state index in [1.54, 1.807) is 36.4 Å². The molecule has 0 aliphatic carbocycles. The molecule has 1 saturated heterocycles. The van der Waals surface area contributed by atoms with E-state index in [4.69, 9.17) is 16.3 Å². The van der Waals surface area contributed by atoms with Gasteiger partial charge in [0.25, 0.3) is 11.6 Å². The van der Waals surface area contributed by atoms with E-state index in [-0.39, 0.29) is 18.2 Å². The summed E-state index contributed by atoms with van der Waals surface area (Å²) in [4.78, 5) is 27.6. The largest absolute Gasteiger partial charge is 0.487 e. The summed E-state index contributed by atoms with van der Waals surface area (Å²) in [5.41, 5.74) is 3.45. The van der Waals surface area contributed by atoms with Crippen LogP contribution in [0.5, 0.6) is 5.75 Å². The van der Waals surface area contributed by atoms with Gasteiger partial charge in [-0.15, -0.1) is 0 Å². The fourth-order valence-electron chi connectivity index (χ4n) is 2.97. The van der Waals surface area contributed by atoms with Crippen LogP contribution in [0.1, 0.15) is 16.7 Å². The molecule has 1 amide bonds. The molecule has 0 bridgehead atoms. The Morgan fingerprint density at radius 2 is 1.85 bits per heavy atom. The Bertz CT molecular complexity index is 1270. The third-order valence-corrected chi connectivity index (χ3v) is 5.92. The lowest BCUT2D eigenvalue weighted by Crippen LogP contribution is -2.19. The van der Waals surface area contributed by atoms with Crippen LogP contribution < -0.4 is 10.1 Å². The third-order valence-electron chi connectivity index (χ3n) is 4.71. The van der Waals surface area contributed by atoms with Crippen LogP contribution >= 0.6 is 23.4 Å². The quantitative estimate of drug-likeness (QED) is 0.265. The fourth-order valence-corrected chi connectivity index (χ4v) is 4.05. The number of rotatable bonds is 6. The topological polar surface area (TPSA) is 93.8 Å². The van der Waals surface area contributed by atoms with Gasteiger partial charge in [0.15, 0.2) is 5.17 Å². The third kappa shape index (κ3) is 5.79. The van der Waals surface area contributed by atoms with Gasteiger partial charge in [0.1, 0.15) is 12.4 Å². The summed E-state index contributed by atoms with van der Waals surface area (Å²) in [5, 5.41) is 14.4. The maximum Gasteiger partial charge on any atom is 0.269 e. The number of aliphatic imine (C=N–C) groups is 1. The number of non-ortho nitro benzene ring substituents is 1. The number of halogens is 1. The molecule has 3 aromatic rings. The molecule has 1 heterocycles. The highest BCUT2D eigenvalue weighted by atomic mass is 35.5. The smallest absolute Gasteiger partial charge is 0.269 e. The number of nitro groups is 1. The molecule has 0 radical (unpaired) electrons. The number of aryl methyl sites for hydroxylation is 1. The lowest BCUT2D eigenvalue weighted by molar-refractivity contribution is -0.384. The number of carbonyl (C=O) groups excluding carboxylic acids is 1. The molecule has 1 aliphatic rings. The average Bonchev–Trinajstić information content (AvgIpc) is 3.13. The van der Waals surface area contributed by atoms with Gasteiger partial charge in [-0.2, -0.15) is 0 Å². The average molecular weight is 480 g/mol. The van der Waals surface area contributed by atoms with E-state index in [2.05, 4.69) is 10.3 Å². The molecule has 1 N–H and O–H groups in total. The summed E-state index contributed by atoms with van der Waals surface area (Å²) in [6, 6.07) is 19.1. The van der Waals surface area contributed by atoms with Crippen LogP contribution in [0.3, 0.4) is 0 Å². The minimum absolute atomic E-state index is 0.0232. The number of amides is 1. The van der Waals surface area contributed by atoms with Crippen molar-refractivity contribution in [2.45, 2.75) is 13.5 Å². The fraction of sp³-hybridized carbons (Fsp3) is 0.0833. The van der Waals surface area contributed by atoms with E-state index < -0.39 is 4.92 Å². The Morgan fingerprint density at radius 3 is 2.52 bits per heavy atom. The van der Waals surface area contributed by atoms with Gasteiger partial charge in [0.2, 0.25) is 0 Å². The van der Waals surface area contributed by atoms with Gasteiger partial charge < -0.3 is 10.1 Å². The lowest BCUT2D eigenvalue weighted by atomic mass is 10.2. The van der Waals surface area contributed by atoms with E-state index in [1.807, 2.05) is 31.2 Å². The van der Waals surface area contributed by atoms with Gasteiger partial charge in [0.05, 0.1) is 20.5 Å². The summed E-state index contributed by atoms with van der Waals surface area (Å²) < 4.78 is 5.74. The van der Waals surface area contributed by atoms with Gasteiger partial charge in [-0.1, -0.05) is 35.4 Å². The van der Waals surface area contributed by atoms with E-state index in [0.29, 0.717) is 20.8 Å². The van der Waals surface area contributed by atoms with Crippen molar-refractivity contribution in [2.24, 2.45) is 4.99 Å². The summed E-state index contributed by atoms with van der Waals surface area (Å²) in [6.07, 6.45) is 1.74. The Kier molecular flexibility index (Phi) is 6.76. The highest BCUT2D eigenvalue weighted by molar-refractivity contribution is 8.18. The lowest BCUT2D eigenvalue weighted by Gasteiger charge is -2.09. The standard InChI is InChI=1S/C24H18ClN3O4S/c1-15-2-7-18(8-3-15)26-24-27-23(29)22(33-24)13-17-6-11-21(20(25)12-17)32-14-16-4-9-19(10-5-16)28(30)31/h2-13H,14H2,1H3,(H,26,27,29). The highest BCUT2D eigenvalue weighted by Crippen LogP contribution is 2.31. The number of hydrogen-bond acceptors (Lipinski definition) is 6. The van der Waals surface area contributed by atoms with Gasteiger partial charge in [-0.25, -0.2) is 4.99 Å². The van der Waals surface area contributed by atoms with Gasteiger partial charge in [-0.05, 0) is 72.3 Å². The Balaban J connectivity index is 1.42. The minimum Gasteiger partial charge on any atom is -0.487 e. The maximum atomic E-state index is 12.3. The van der Waals surface area contributed by atoms with Crippen molar-refractivity contribution in [3.8, 4) is 5.75 Å². The molecule has 4 rings (SSSR count). The Labute approximate surface area is 199 Å². The normalized spacial score (nSPS) is 15.6. The second-order valence-electron chi connectivity index (χ2n) is 7.22. The molecule has 33 heavy (non-hydrogen) atoms. The predicted molar refractivity (Wildman–Crippen MR) is 131 cm³/mol. The molecule has 1 fully saturated rings. The summed E-state index contributed by atoms with van der Waals surface area (Å²) in [5.74, 6) is 0.253. The molecular weight excluding hydrogens is 462 g/mol. The van der Waals surface area contributed by atoms with Gasteiger partial charge in [0, 0.05) is 12.1 Å². The van der Waals surface area contributed by atoms with Crippen molar-refractivity contribution in [3.05, 3.63) is 103 Å². The zero-order valence-corrected chi connectivity index (χ0v) is 19.0. The molecule has 0 spiro atoms. The number of hydrogen-bond donors (Lipinski definition) is 1. The number of benzene rings is 3. The number of thioether (sulfide) groups is 1. The molecule has 0 atom stereocenters. The number of nitrogens with zero attached hydrogens (tertiary/aromatic N) is 2. The van der Waals surface area contributed by atoms with E-state index in [0.717, 1.165) is 22.4 Å². The van der Waals surface area contributed by atoms with Gasteiger partial charge >= 0.3 is 0 Å². The maximum absolute atomic E-state index is 12.3. The SMILES string of the molecule is Cc1ccc(N=C2NC(=O)C(=Cc3ccc(OCc4ccc([N+](=O)[O-])cc4)c(Cl)c3)S2)cc1. The molecule has 1 aliphatic heterocycles. The molecule has 166 valence electrons. The number of amidine groups is 1. The van der Waals surface area contributed by atoms with Crippen LogP contribution in [-0.2, 0) is 11.4 Å². The molecule has 0 unspecified atom stereocenters. The van der Waals surface area contributed by atoms with Crippen LogP contribution in [0.15, 0.2) is 76.6 Å². The second kappa shape index (κ2) is 9.89. The number of nitro benzene ring substituents is 1. The predicted octanol–water partition coefficient (Wildman–Crippen LogP) is 6.03. The van der Waals surface area contributed by atoms with Crippen molar-refractivity contribution in [1.82, 2.24) is 5.32 Å². The van der Waals surface area contributed by atoms with Crippen LogP contribution in [0.25, 0.3) is 6.08 Å². The van der Waals surface area contributed by atoms with E-state index >= 15 is 0 Å². The zero-order chi connectivity index (χ0) is 23.4. The molecule has 0 saturated carbocycles. The van der Waals surface area contributed by atoms with E-state index in [9.17, 15) is 14.9 Å². The Morgan fingerprint density at radius 1 is 1.12 bits per heavy atom. The minimum atomic E-state index is -0.449. The monoisotopic (exact) mass is 479 g/mol. The first kappa shape index (κ1) is 22.6. The number of ether oxygens (including phenoxy) is 1. The first-order valence-electron chi connectivity index (χ1n) is 9.89. The molecule has 0 aromatic heterocycles. The molecular formula is C24H18ClN3O4S. The first-order chi connectivity index (χ1) is 15.9. The van der Waals surface area contributed by atoms with Gasteiger partial charge in [-0.3, -0.25) is 14.9 Å². The summed E-state index contributed by atoms with van der Waals surface area (Å²) >= 11 is 7.62. The first-order valence-corrected chi connectivity index (χ1v) is 11.1. The number of carbonyl (C=O) groups is 1. The summed E-state index contributed by atoms with van der Waals surface area (Å²) in [6.45, 7) is 2.22. The Hall–Kier alpha value is -3.62. The highest BCUT2D eigenvalue weighted by Gasteiger charge is 2.24. The van der Waals surface area contributed by atoms with Crippen LogP contribution in [-0.4, -0.2) is 16.0 Å². The van der Waals surface area contributed by atoms with Crippen molar-refractivity contribution in [1.29, 1.82) is 0 Å². The summed E-state index contributed by atoms with van der Waals surface area (Å²) in [7, 11) is 0. The van der Waals surface area contributed by atoms with Crippen molar-refractivity contribution >= 4 is 51.9 Å². The second-order valence-corrected chi connectivity index (χ2v) is 8.66. The van der Waals surface area contributed by atoms with Crippen LogP contribution in [0.2, 0.25) is 5.02 Å². The van der Waals surface area contributed by atoms with Crippen molar-refractivity contribution in [2.75, 3.05) is 0 Å². The molecule has 9 heteroatoms. The van der Waals surface area contributed by atoms with Crippen LogP contribution in [0, 0.1) is 17.0 Å². The van der Waals surface area contributed by atoms with Crippen LogP contribution in [0.4, 0.5) is 11.4 Å². The number of nitrogens with one attached hydrogen (secondary N) is 1. The zero-order valence-electron chi connectivity index (χ0n) is 17.4. The van der Waals surface area contributed by atoms with Crippen molar-refractivity contribution in [3.63, 3.8) is 0 Å². The van der Waals surface area contributed by atoms with E-state index in [1.165, 1.54) is 23.9 Å². The molecule has 7 nitrogen and oxygen atoms in total.